The standard InChI is InChI=1S/C13H16N4O/c1-3-18-11-7-5-4-6-10(11)17-13-9(2)12(14)15-8-16-13/h4-8H,3H2,1-2H3,(H3,14,15,16,17). The second kappa shape index (κ2) is 5.35. The molecule has 5 heteroatoms. The van der Waals surface area contributed by atoms with E-state index >= 15 is 0 Å². The van der Waals surface area contributed by atoms with Gasteiger partial charge in [-0.05, 0) is 26.0 Å². The van der Waals surface area contributed by atoms with Crippen LogP contribution in [0.25, 0.3) is 0 Å². The molecule has 1 aromatic heterocycles. The zero-order valence-corrected chi connectivity index (χ0v) is 10.5. The van der Waals surface area contributed by atoms with Gasteiger partial charge in [-0.3, -0.25) is 0 Å². The number of nitrogens with one attached hydrogen (secondary N) is 1. The predicted octanol–water partition coefficient (Wildman–Crippen LogP) is 2.51. The van der Waals surface area contributed by atoms with Gasteiger partial charge in [0, 0.05) is 5.56 Å². The van der Waals surface area contributed by atoms with E-state index in [1.54, 1.807) is 0 Å². The third kappa shape index (κ3) is 2.51. The Labute approximate surface area is 106 Å². The van der Waals surface area contributed by atoms with E-state index in [1.807, 2.05) is 38.1 Å². The van der Waals surface area contributed by atoms with Crippen molar-refractivity contribution in [1.82, 2.24) is 9.97 Å². The summed E-state index contributed by atoms with van der Waals surface area (Å²) in [5, 5.41) is 3.21. The largest absolute Gasteiger partial charge is 0.492 e. The molecule has 0 saturated heterocycles. The van der Waals surface area contributed by atoms with Crippen molar-refractivity contribution in [2.75, 3.05) is 17.7 Å². The van der Waals surface area contributed by atoms with E-state index in [0.717, 1.165) is 17.0 Å². The number of hydrogen-bond acceptors (Lipinski definition) is 5. The minimum atomic E-state index is 0.474. The van der Waals surface area contributed by atoms with Gasteiger partial charge in [-0.2, -0.15) is 0 Å². The highest BCUT2D eigenvalue weighted by Gasteiger charge is 2.07. The zero-order chi connectivity index (χ0) is 13.0. The third-order valence-corrected chi connectivity index (χ3v) is 2.56. The molecule has 94 valence electrons. The van der Waals surface area contributed by atoms with Gasteiger partial charge in [0.25, 0.3) is 0 Å². The van der Waals surface area contributed by atoms with Crippen LogP contribution in [0.2, 0.25) is 0 Å². The lowest BCUT2D eigenvalue weighted by molar-refractivity contribution is 0.342. The van der Waals surface area contributed by atoms with Crippen LogP contribution in [-0.4, -0.2) is 16.6 Å². The van der Waals surface area contributed by atoms with Gasteiger partial charge in [0.2, 0.25) is 0 Å². The van der Waals surface area contributed by atoms with Crippen LogP contribution in [0.5, 0.6) is 5.75 Å². The number of ether oxygens (including phenoxy) is 1. The summed E-state index contributed by atoms with van der Waals surface area (Å²) in [6, 6.07) is 7.70. The third-order valence-electron chi connectivity index (χ3n) is 2.56. The molecule has 2 rings (SSSR count). The molecule has 0 atom stereocenters. The van der Waals surface area contributed by atoms with Gasteiger partial charge in [0.15, 0.2) is 0 Å². The first kappa shape index (κ1) is 12.2. The van der Waals surface area contributed by atoms with Crippen LogP contribution in [-0.2, 0) is 0 Å². The lowest BCUT2D eigenvalue weighted by Gasteiger charge is -2.13. The molecule has 0 radical (unpaired) electrons. The Morgan fingerprint density at radius 3 is 2.83 bits per heavy atom. The summed E-state index contributed by atoms with van der Waals surface area (Å²) in [4.78, 5) is 8.11. The molecule has 2 aromatic rings. The Bertz CT molecular complexity index is 542. The molecule has 0 bridgehead atoms. The van der Waals surface area contributed by atoms with E-state index in [0.29, 0.717) is 18.2 Å². The van der Waals surface area contributed by atoms with Crippen LogP contribution in [0.4, 0.5) is 17.3 Å². The first-order valence-corrected chi connectivity index (χ1v) is 5.78. The predicted molar refractivity (Wildman–Crippen MR) is 72.1 cm³/mol. The normalized spacial score (nSPS) is 10.1. The molecule has 1 heterocycles. The smallest absolute Gasteiger partial charge is 0.142 e. The van der Waals surface area contributed by atoms with E-state index in [4.69, 9.17) is 10.5 Å². The first-order chi connectivity index (χ1) is 8.72. The zero-order valence-electron chi connectivity index (χ0n) is 10.5. The second-order valence-corrected chi connectivity index (χ2v) is 3.79. The minimum Gasteiger partial charge on any atom is -0.492 e. The number of nitrogens with two attached hydrogens (primary N) is 1. The summed E-state index contributed by atoms with van der Waals surface area (Å²) in [5.41, 5.74) is 7.43. The molecule has 0 aliphatic rings. The molecular weight excluding hydrogens is 228 g/mol. The molecule has 5 nitrogen and oxygen atoms in total. The summed E-state index contributed by atoms with van der Waals surface area (Å²) in [6.45, 7) is 4.44. The van der Waals surface area contributed by atoms with Crippen molar-refractivity contribution in [2.45, 2.75) is 13.8 Å². The topological polar surface area (TPSA) is 73.1 Å². The molecule has 18 heavy (non-hydrogen) atoms. The van der Waals surface area contributed by atoms with Crippen molar-refractivity contribution in [3.05, 3.63) is 36.2 Å². The highest BCUT2D eigenvalue weighted by Crippen LogP contribution is 2.28. The highest BCUT2D eigenvalue weighted by molar-refractivity contribution is 5.67. The van der Waals surface area contributed by atoms with Crippen LogP contribution in [0.1, 0.15) is 12.5 Å². The molecule has 0 aliphatic carbocycles. The number of anilines is 3. The number of rotatable bonds is 4. The quantitative estimate of drug-likeness (QED) is 0.864. The summed E-state index contributed by atoms with van der Waals surface area (Å²) in [7, 11) is 0. The fourth-order valence-electron chi connectivity index (χ4n) is 1.57. The van der Waals surface area contributed by atoms with E-state index in [-0.39, 0.29) is 0 Å². The summed E-state index contributed by atoms with van der Waals surface area (Å²) in [5.74, 6) is 1.95. The molecular formula is C13H16N4O. The molecule has 3 N–H and O–H groups in total. The fourth-order valence-corrected chi connectivity index (χ4v) is 1.57. The van der Waals surface area contributed by atoms with Gasteiger partial charge in [0.05, 0.1) is 12.3 Å². The monoisotopic (exact) mass is 244 g/mol. The second-order valence-electron chi connectivity index (χ2n) is 3.79. The van der Waals surface area contributed by atoms with Crippen LogP contribution in [0, 0.1) is 6.92 Å². The molecule has 0 aliphatic heterocycles. The Morgan fingerprint density at radius 2 is 2.06 bits per heavy atom. The molecule has 0 fully saturated rings. The Morgan fingerprint density at radius 1 is 1.28 bits per heavy atom. The van der Waals surface area contributed by atoms with Crippen molar-refractivity contribution in [2.24, 2.45) is 0 Å². The SMILES string of the molecule is CCOc1ccccc1Nc1ncnc(N)c1C. The average molecular weight is 244 g/mol. The van der Waals surface area contributed by atoms with Gasteiger partial charge in [-0.1, -0.05) is 12.1 Å². The number of nitrogens with zero attached hydrogens (tertiary/aromatic N) is 2. The molecule has 1 aromatic carbocycles. The highest BCUT2D eigenvalue weighted by atomic mass is 16.5. The van der Waals surface area contributed by atoms with Gasteiger partial charge in [-0.25, -0.2) is 9.97 Å². The van der Waals surface area contributed by atoms with E-state index in [2.05, 4.69) is 15.3 Å². The Hall–Kier alpha value is -2.30. The van der Waals surface area contributed by atoms with Crippen LogP contribution >= 0.6 is 0 Å². The van der Waals surface area contributed by atoms with Crippen LogP contribution in [0.15, 0.2) is 30.6 Å². The van der Waals surface area contributed by atoms with Gasteiger partial charge in [0.1, 0.15) is 23.7 Å². The maximum absolute atomic E-state index is 5.75. The average Bonchev–Trinajstić information content (AvgIpc) is 2.37. The van der Waals surface area contributed by atoms with Crippen LogP contribution in [0.3, 0.4) is 0 Å². The van der Waals surface area contributed by atoms with Gasteiger partial charge < -0.3 is 15.8 Å². The van der Waals surface area contributed by atoms with E-state index in [9.17, 15) is 0 Å². The number of aromatic nitrogens is 2. The lowest BCUT2D eigenvalue weighted by atomic mass is 10.2. The fraction of sp³-hybridized carbons (Fsp3) is 0.231. The number of nitrogen functional groups attached to an aromatic ring is 1. The number of benzene rings is 1. The van der Waals surface area contributed by atoms with Gasteiger partial charge >= 0.3 is 0 Å². The van der Waals surface area contributed by atoms with Crippen LogP contribution < -0.4 is 15.8 Å². The first-order valence-electron chi connectivity index (χ1n) is 5.78. The summed E-state index contributed by atoms with van der Waals surface area (Å²) < 4.78 is 5.54. The molecule has 0 unspecified atom stereocenters. The molecule has 0 saturated carbocycles. The van der Waals surface area contributed by atoms with Gasteiger partial charge in [-0.15, -0.1) is 0 Å². The maximum atomic E-state index is 5.75. The number of para-hydroxylation sites is 2. The lowest BCUT2D eigenvalue weighted by Crippen LogP contribution is -2.03. The van der Waals surface area contributed by atoms with Crippen molar-refractivity contribution in [1.29, 1.82) is 0 Å². The summed E-state index contributed by atoms with van der Waals surface area (Å²) in [6.07, 6.45) is 1.44. The molecule has 0 amide bonds. The van der Waals surface area contributed by atoms with Crippen molar-refractivity contribution in [3.8, 4) is 5.75 Å². The van der Waals surface area contributed by atoms with Crippen molar-refractivity contribution >= 4 is 17.3 Å². The minimum absolute atomic E-state index is 0.474. The maximum Gasteiger partial charge on any atom is 0.142 e. The van der Waals surface area contributed by atoms with Crippen molar-refractivity contribution in [3.63, 3.8) is 0 Å². The van der Waals surface area contributed by atoms with E-state index < -0.39 is 0 Å². The van der Waals surface area contributed by atoms with E-state index in [1.165, 1.54) is 6.33 Å². The Kier molecular flexibility index (Phi) is 3.62. The number of hydrogen-bond donors (Lipinski definition) is 2. The summed E-state index contributed by atoms with van der Waals surface area (Å²) >= 11 is 0. The molecule has 0 spiro atoms. The Balaban J connectivity index is 2.31. The van der Waals surface area contributed by atoms with Crippen molar-refractivity contribution < 1.29 is 4.74 Å².